The van der Waals surface area contributed by atoms with Crippen LogP contribution in [0.4, 0.5) is 17.1 Å². The van der Waals surface area contributed by atoms with Gasteiger partial charge in [-0.15, -0.1) is 0 Å². The van der Waals surface area contributed by atoms with E-state index in [0.29, 0.717) is 0 Å². The van der Waals surface area contributed by atoms with Crippen molar-refractivity contribution in [1.29, 1.82) is 0 Å². The summed E-state index contributed by atoms with van der Waals surface area (Å²) in [6.07, 6.45) is 2.01. The SMILES string of the molecule is c1ccc(N2c3ccccc3C3(c4ccccc4-c4ccccc43)c3cc(-c4cnc5ccccc5c4)ccc32)cc1. The molecule has 1 aliphatic carbocycles. The molecule has 0 N–H and O–H groups in total. The lowest BCUT2D eigenvalue weighted by Gasteiger charge is -2.45. The monoisotopic (exact) mass is 534 g/mol. The van der Waals surface area contributed by atoms with Crippen molar-refractivity contribution < 1.29 is 0 Å². The van der Waals surface area contributed by atoms with Gasteiger partial charge in [0.05, 0.1) is 22.3 Å². The Balaban J connectivity index is 1.41. The first-order chi connectivity index (χ1) is 20.8. The Morgan fingerprint density at radius 1 is 0.452 bits per heavy atom. The summed E-state index contributed by atoms with van der Waals surface area (Å²) in [4.78, 5) is 7.25. The van der Waals surface area contributed by atoms with Gasteiger partial charge in [0.25, 0.3) is 0 Å². The highest BCUT2D eigenvalue weighted by atomic mass is 15.2. The average Bonchev–Trinajstić information content (AvgIpc) is 3.36. The number of pyridine rings is 1. The molecule has 2 nitrogen and oxygen atoms in total. The second-order valence-corrected chi connectivity index (χ2v) is 11.2. The third-order valence-corrected chi connectivity index (χ3v) is 9.08. The third kappa shape index (κ3) is 3.07. The first-order valence-electron chi connectivity index (χ1n) is 14.5. The molecule has 0 radical (unpaired) electrons. The van der Waals surface area contributed by atoms with E-state index in [4.69, 9.17) is 4.98 Å². The predicted octanol–water partition coefficient (Wildman–Crippen LogP) is 10.0. The summed E-state index contributed by atoms with van der Waals surface area (Å²) < 4.78 is 0. The van der Waals surface area contributed by atoms with Gasteiger partial charge in [0, 0.05) is 22.8 Å². The molecule has 0 saturated heterocycles. The summed E-state index contributed by atoms with van der Waals surface area (Å²) in [6, 6.07) is 55.2. The van der Waals surface area contributed by atoms with Crippen molar-refractivity contribution in [2.24, 2.45) is 0 Å². The maximum atomic E-state index is 4.82. The van der Waals surface area contributed by atoms with Gasteiger partial charge in [0.2, 0.25) is 0 Å². The molecule has 0 amide bonds. The molecule has 6 aromatic carbocycles. The lowest BCUT2D eigenvalue weighted by molar-refractivity contribution is 0.753. The van der Waals surface area contributed by atoms with Gasteiger partial charge in [-0.1, -0.05) is 109 Å². The van der Waals surface area contributed by atoms with Gasteiger partial charge in [-0.05, 0) is 81.4 Å². The summed E-state index contributed by atoms with van der Waals surface area (Å²) >= 11 is 0. The minimum absolute atomic E-state index is 0.454. The van der Waals surface area contributed by atoms with Crippen LogP contribution >= 0.6 is 0 Å². The van der Waals surface area contributed by atoms with Gasteiger partial charge in [0.1, 0.15) is 0 Å². The molecule has 0 bridgehead atoms. The molecule has 1 spiro atoms. The number of nitrogens with zero attached hydrogens (tertiary/aromatic N) is 2. The van der Waals surface area contributed by atoms with Crippen molar-refractivity contribution in [2.75, 3.05) is 4.90 Å². The quantitative estimate of drug-likeness (QED) is 0.219. The van der Waals surface area contributed by atoms with Crippen LogP contribution in [0.2, 0.25) is 0 Å². The van der Waals surface area contributed by atoms with Crippen LogP contribution in [-0.2, 0) is 5.41 Å². The highest BCUT2D eigenvalue weighted by Crippen LogP contribution is 2.63. The molecular formula is C40H26N2. The number of aromatic nitrogens is 1. The lowest BCUT2D eigenvalue weighted by Crippen LogP contribution is -2.36. The van der Waals surface area contributed by atoms with Crippen molar-refractivity contribution in [3.63, 3.8) is 0 Å². The second kappa shape index (κ2) is 8.76. The normalized spacial score (nSPS) is 13.9. The van der Waals surface area contributed by atoms with Crippen LogP contribution in [0.15, 0.2) is 158 Å². The maximum absolute atomic E-state index is 4.82. The van der Waals surface area contributed by atoms with Crippen LogP contribution in [0.25, 0.3) is 33.2 Å². The lowest BCUT2D eigenvalue weighted by atomic mass is 9.64. The van der Waals surface area contributed by atoms with Crippen LogP contribution in [0.5, 0.6) is 0 Å². The van der Waals surface area contributed by atoms with Crippen LogP contribution < -0.4 is 4.90 Å². The molecule has 2 heterocycles. The third-order valence-electron chi connectivity index (χ3n) is 9.08. The summed E-state index contributed by atoms with van der Waals surface area (Å²) in [7, 11) is 0. The maximum Gasteiger partial charge on any atom is 0.0754 e. The molecular weight excluding hydrogens is 508 g/mol. The highest BCUT2D eigenvalue weighted by molar-refractivity contribution is 5.96. The van der Waals surface area contributed by atoms with Crippen LogP contribution in [0.3, 0.4) is 0 Å². The number of rotatable bonds is 2. The zero-order valence-electron chi connectivity index (χ0n) is 22.9. The number of anilines is 3. The van der Waals surface area contributed by atoms with Gasteiger partial charge in [-0.25, -0.2) is 0 Å². The van der Waals surface area contributed by atoms with E-state index in [-0.39, 0.29) is 0 Å². The van der Waals surface area contributed by atoms with Crippen molar-refractivity contribution in [3.8, 4) is 22.3 Å². The van der Waals surface area contributed by atoms with E-state index in [1.54, 1.807) is 0 Å². The average molecular weight is 535 g/mol. The molecule has 2 heteroatoms. The molecule has 1 aliphatic heterocycles. The van der Waals surface area contributed by atoms with Gasteiger partial charge in [-0.3, -0.25) is 4.98 Å². The Hall–Kier alpha value is -5.47. The van der Waals surface area contributed by atoms with E-state index in [1.807, 2.05) is 12.3 Å². The van der Waals surface area contributed by atoms with E-state index in [0.717, 1.165) is 22.2 Å². The minimum Gasteiger partial charge on any atom is -0.310 e. The first-order valence-corrected chi connectivity index (χ1v) is 14.5. The zero-order valence-corrected chi connectivity index (χ0v) is 22.9. The molecule has 196 valence electrons. The molecule has 2 aliphatic rings. The molecule has 0 saturated carbocycles. The number of hydrogen-bond acceptors (Lipinski definition) is 2. The number of hydrogen-bond donors (Lipinski definition) is 0. The molecule has 0 unspecified atom stereocenters. The van der Waals surface area contributed by atoms with Gasteiger partial charge >= 0.3 is 0 Å². The molecule has 9 rings (SSSR count). The van der Waals surface area contributed by atoms with E-state index >= 15 is 0 Å². The van der Waals surface area contributed by atoms with Gasteiger partial charge < -0.3 is 4.90 Å². The number of benzene rings is 6. The van der Waals surface area contributed by atoms with Crippen molar-refractivity contribution in [3.05, 3.63) is 180 Å². The summed E-state index contributed by atoms with van der Waals surface area (Å²) in [5, 5.41) is 1.15. The first kappa shape index (κ1) is 23.3. The summed E-state index contributed by atoms with van der Waals surface area (Å²) in [5.41, 5.74) is 14.3. The number of fused-ring (bicyclic) bond motifs is 10. The fourth-order valence-electron chi connectivity index (χ4n) is 7.37. The van der Waals surface area contributed by atoms with E-state index in [2.05, 4.69) is 150 Å². The fraction of sp³-hybridized carbons (Fsp3) is 0.0250. The smallest absolute Gasteiger partial charge is 0.0754 e. The topological polar surface area (TPSA) is 16.1 Å². The van der Waals surface area contributed by atoms with Crippen molar-refractivity contribution >= 4 is 28.0 Å². The molecule has 0 fully saturated rings. The Labute approximate surface area is 245 Å². The van der Waals surface area contributed by atoms with Crippen LogP contribution in [0, 0.1) is 0 Å². The number of para-hydroxylation sites is 3. The van der Waals surface area contributed by atoms with E-state index in [9.17, 15) is 0 Å². The van der Waals surface area contributed by atoms with Crippen LogP contribution in [-0.4, -0.2) is 4.98 Å². The van der Waals surface area contributed by atoms with Crippen molar-refractivity contribution in [2.45, 2.75) is 5.41 Å². The largest absolute Gasteiger partial charge is 0.310 e. The Bertz CT molecular complexity index is 2120. The Morgan fingerprint density at radius 3 is 1.86 bits per heavy atom. The zero-order chi connectivity index (χ0) is 27.7. The highest BCUT2D eigenvalue weighted by Gasteiger charge is 2.51. The fourth-order valence-corrected chi connectivity index (χ4v) is 7.37. The standard InChI is InChI=1S/C40H26N2/c1-2-13-30(14-3-1)42-38-21-11-9-19-35(38)40(33-17-7-5-15-31(33)32-16-6-8-18-34(32)40)36-25-27(22-23-39(36)42)29-24-28-12-4-10-20-37(28)41-26-29/h1-26H. The van der Waals surface area contributed by atoms with Crippen molar-refractivity contribution in [1.82, 2.24) is 4.98 Å². The molecule has 0 atom stereocenters. The Kier molecular flexibility index (Phi) is 4.85. The summed E-state index contributed by atoms with van der Waals surface area (Å²) in [6.45, 7) is 0. The van der Waals surface area contributed by atoms with E-state index < -0.39 is 5.41 Å². The predicted molar refractivity (Wildman–Crippen MR) is 173 cm³/mol. The second-order valence-electron chi connectivity index (χ2n) is 11.2. The Morgan fingerprint density at radius 2 is 1.07 bits per heavy atom. The molecule has 1 aromatic heterocycles. The van der Waals surface area contributed by atoms with Gasteiger partial charge in [0.15, 0.2) is 0 Å². The molecule has 42 heavy (non-hydrogen) atoms. The molecule has 7 aromatic rings. The minimum atomic E-state index is -0.454. The van der Waals surface area contributed by atoms with Crippen LogP contribution in [0.1, 0.15) is 22.3 Å². The summed E-state index contributed by atoms with van der Waals surface area (Å²) in [5.74, 6) is 0. The van der Waals surface area contributed by atoms with E-state index in [1.165, 1.54) is 50.3 Å². The van der Waals surface area contributed by atoms with Gasteiger partial charge in [-0.2, -0.15) is 0 Å².